The Kier molecular flexibility index (Phi) is 16.0. The first-order valence-corrected chi connectivity index (χ1v) is 56.7. The minimum absolute atomic E-state index is 0.0490. The van der Waals surface area contributed by atoms with Gasteiger partial charge in [-0.05, 0) is 357 Å². The molecule has 0 aromatic heterocycles. The molecule has 29 aromatic rings. The highest BCUT2D eigenvalue weighted by Crippen LogP contribution is 2.87. The summed E-state index contributed by atoms with van der Waals surface area (Å²) in [5.41, 5.74) is 7.49. The van der Waals surface area contributed by atoms with Gasteiger partial charge in [-0.15, -0.1) is 0 Å². The van der Waals surface area contributed by atoms with E-state index in [2.05, 4.69) is 44.9 Å². The maximum absolute atomic E-state index is 7.78. The van der Waals surface area contributed by atoms with Gasteiger partial charge in [-0.2, -0.15) is 0 Å². The molecular weight excluding hydrogens is 1610 g/mol. The summed E-state index contributed by atoms with van der Waals surface area (Å²) < 4.78 is 23.2. The van der Waals surface area contributed by atoms with E-state index in [0.29, 0.717) is 19.8 Å². The maximum Gasteiger partial charge on any atom is 0.203 e. The van der Waals surface area contributed by atoms with Crippen molar-refractivity contribution >= 4 is 291 Å². The summed E-state index contributed by atoms with van der Waals surface area (Å²) in [6.45, 7) is 10.0. The van der Waals surface area contributed by atoms with Gasteiger partial charge in [0.25, 0.3) is 0 Å². The minimum atomic E-state index is -0.503. The smallest absolute Gasteiger partial charge is 0.203 e. The van der Waals surface area contributed by atoms with Gasteiger partial charge < -0.3 is 14.2 Å². The Hall–Kier alpha value is -8.96. The van der Waals surface area contributed by atoms with Crippen LogP contribution in [0.1, 0.15) is 401 Å². The van der Waals surface area contributed by atoms with Crippen LogP contribution in [0.25, 0.3) is 291 Å². The van der Waals surface area contributed by atoms with Crippen molar-refractivity contribution in [2.75, 3.05) is 33.4 Å². The van der Waals surface area contributed by atoms with Crippen LogP contribution in [0.5, 0.6) is 17.2 Å². The second-order valence-corrected chi connectivity index (χ2v) is 47.2. The zero-order chi connectivity index (χ0) is 86.5. The molecule has 0 amide bonds. The van der Waals surface area contributed by atoms with Gasteiger partial charge in [-0.1, -0.05) is 348 Å². The standard InChI is InChI=1S/C129H131NO3/c1-5-8-11-14-17-20-23-26-29-32-35-38-41-44-47-50-53-56-59-131-66-62-65(63-67(132-60-57-54-51-48-45-42-39-36-33-30-27-24-21-18-15-12-9-6-2)126(66)133-61-58-55-52-49-46-43-40-37-34-31-28-25-22-19-16-13-10-7-3)127-129-124-118-112-102-90-82-74-70-68-69-72-76(74)84(90)94-88-80(72)81-73(69)77-75-71(68)79-78(70)86-92(82)100-106-96(86)97-87(79)93-83(75)91-85(77)95-89(81)99-98(88)110(104(94)112)120(124)121-111(99)105(95)113-103(91)109-101(93)107(97)115-114(106)122(116(118)108(100)102)128(129,64-130(127)4)123(115)117(109)119(113)125(121)129/h62-63,127H,5-61,64H2,1-4H3. The Bertz CT molecular complexity index is 8570. The van der Waals surface area contributed by atoms with E-state index < -0.39 is 10.8 Å². The van der Waals surface area contributed by atoms with Gasteiger partial charge in [0.2, 0.25) is 5.75 Å². The molecular formula is C129H131NO3. The van der Waals surface area contributed by atoms with Crippen molar-refractivity contribution in [1.82, 2.24) is 4.90 Å². The highest BCUT2D eigenvalue weighted by molar-refractivity contribution is 6.82. The van der Waals surface area contributed by atoms with Gasteiger partial charge in [0.15, 0.2) is 11.5 Å². The summed E-state index contributed by atoms with van der Waals surface area (Å²) in [4.78, 5) is 3.03. The highest BCUT2D eigenvalue weighted by atomic mass is 16.5. The summed E-state index contributed by atoms with van der Waals surface area (Å²) in [6.07, 6.45) is 74.2. The monoisotopic (exact) mass is 1740 g/mol. The second-order valence-electron chi connectivity index (χ2n) is 47.2. The molecule has 0 saturated carbocycles. The molecule has 1 unspecified atom stereocenters. The van der Waals surface area contributed by atoms with Crippen LogP contribution in [0.15, 0.2) is 12.1 Å². The fraction of sp³-hybridized carbons (Fsp3) is 0.504. The average molecular weight is 1740 g/mol. The Morgan fingerprint density at radius 3 is 0.526 bits per heavy atom. The van der Waals surface area contributed by atoms with E-state index in [1.165, 1.54) is 333 Å². The summed E-state index contributed by atoms with van der Waals surface area (Å²) in [5, 5.41) is 90.1. The predicted molar refractivity (Wildman–Crippen MR) is 579 cm³/mol. The van der Waals surface area contributed by atoms with Crippen LogP contribution in [0, 0.1) is 0 Å². The molecule has 5 aliphatic rings. The van der Waals surface area contributed by atoms with E-state index in [1.807, 2.05) is 0 Å². The molecule has 0 N–H and O–H groups in total. The quantitative estimate of drug-likeness (QED) is 0.0281. The lowest BCUT2D eigenvalue weighted by Gasteiger charge is -2.52. The molecule has 1 aliphatic heterocycles. The second kappa shape index (κ2) is 27.5. The van der Waals surface area contributed by atoms with Gasteiger partial charge in [-0.3, -0.25) is 4.90 Å². The first-order chi connectivity index (χ1) is 66.2. The van der Waals surface area contributed by atoms with Crippen molar-refractivity contribution in [1.29, 1.82) is 0 Å². The van der Waals surface area contributed by atoms with Crippen LogP contribution in [-0.4, -0.2) is 38.3 Å². The molecule has 34 rings (SSSR count). The van der Waals surface area contributed by atoms with Crippen LogP contribution in [0.2, 0.25) is 0 Å². The van der Waals surface area contributed by atoms with Crippen molar-refractivity contribution in [3.05, 3.63) is 39.9 Å². The zero-order valence-corrected chi connectivity index (χ0v) is 80.4. The molecule has 133 heavy (non-hydrogen) atoms. The van der Waals surface area contributed by atoms with Gasteiger partial charge >= 0.3 is 0 Å². The summed E-state index contributed by atoms with van der Waals surface area (Å²) in [7, 11) is 2.65. The molecule has 0 radical (unpaired) electrons. The molecule has 4 nitrogen and oxygen atoms in total. The largest absolute Gasteiger partial charge is 0.490 e. The Balaban J connectivity index is 0.514. The van der Waals surface area contributed by atoms with E-state index in [-0.39, 0.29) is 6.04 Å². The Morgan fingerprint density at radius 1 is 0.195 bits per heavy atom. The molecule has 2 spiro atoms. The van der Waals surface area contributed by atoms with Crippen molar-refractivity contribution in [3.8, 4) is 17.2 Å². The predicted octanol–water partition coefficient (Wildman–Crippen LogP) is 40.2. The van der Waals surface area contributed by atoms with Crippen LogP contribution in [0.4, 0.5) is 0 Å². The van der Waals surface area contributed by atoms with Gasteiger partial charge in [-0.25, -0.2) is 0 Å². The SMILES string of the molecule is CCCCCCCCCCCCCCCCCCCCOc1cc(C2N(C)CC34c5c6c7c8c9c%10c(c%11c%12c3c3c5c5c%13c6c6c7c7c9c9c%14c%10c%10c%11c%11c%12c%12c3c3c5c5c%13c%13c6c6c7c9c7c9c%14c%10c%10c%11c%11c%12c3c3c5c5c%13c6c7c6c9c%10c%11c3c56)C824)cc(OCCCCCCCCCCCCCCCCCCCC)c1OCCCCCCCCCCCCCCCCCCCC. The number of benzene rings is 19. The molecule has 1 fully saturated rings. The van der Waals surface area contributed by atoms with E-state index >= 15 is 0 Å². The van der Waals surface area contributed by atoms with E-state index in [1.54, 1.807) is 313 Å². The minimum Gasteiger partial charge on any atom is -0.490 e. The van der Waals surface area contributed by atoms with E-state index in [4.69, 9.17) is 14.2 Å². The number of likely N-dealkylation sites (tertiary alicyclic amines) is 1. The van der Waals surface area contributed by atoms with Crippen LogP contribution in [0.3, 0.4) is 0 Å². The molecule has 670 valence electrons. The topological polar surface area (TPSA) is 30.9 Å². The summed E-state index contributed by atoms with van der Waals surface area (Å²) in [5.74, 6) is 2.77. The van der Waals surface area contributed by atoms with Crippen molar-refractivity contribution in [2.45, 2.75) is 384 Å². The molecule has 1 atom stereocenters. The number of hydrogen-bond donors (Lipinski definition) is 0. The molecule has 29 aromatic carbocycles. The number of nitrogens with zero attached hydrogens (tertiary/aromatic N) is 1. The lowest BCUT2D eigenvalue weighted by atomic mass is 9.47. The Labute approximate surface area is 779 Å². The lowest BCUT2D eigenvalue weighted by molar-refractivity contribution is 0.229. The molecule has 1 saturated heterocycles. The number of likely N-dealkylation sites (N-methyl/N-ethyl adjacent to an activating group) is 1. The van der Waals surface area contributed by atoms with Crippen LogP contribution >= 0.6 is 0 Å². The average Bonchev–Trinajstić information content (AvgIpc) is 1.38. The third-order valence-corrected chi connectivity index (χ3v) is 40.5. The number of unbranched alkanes of at least 4 members (excludes halogenated alkanes) is 51. The van der Waals surface area contributed by atoms with E-state index in [9.17, 15) is 0 Å². The Morgan fingerprint density at radius 2 is 0.346 bits per heavy atom. The third-order valence-electron chi connectivity index (χ3n) is 40.5. The number of rotatable bonds is 61. The zero-order valence-electron chi connectivity index (χ0n) is 80.4. The maximum atomic E-state index is 7.78. The normalized spacial score (nSPS) is 18.2. The van der Waals surface area contributed by atoms with Crippen LogP contribution < -0.4 is 14.2 Å². The fourth-order valence-corrected chi connectivity index (χ4v) is 36.2. The van der Waals surface area contributed by atoms with Crippen molar-refractivity contribution < 1.29 is 14.2 Å². The van der Waals surface area contributed by atoms with Crippen LogP contribution in [-0.2, 0) is 10.8 Å². The number of ether oxygens (including phenoxy) is 3. The molecule has 4 heteroatoms. The van der Waals surface area contributed by atoms with Gasteiger partial charge in [0.1, 0.15) is 0 Å². The lowest BCUT2D eigenvalue weighted by Crippen LogP contribution is -2.51. The third kappa shape index (κ3) is 8.44. The van der Waals surface area contributed by atoms with Crippen molar-refractivity contribution in [2.24, 2.45) is 0 Å². The van der Waals surface area contributed by atoms with E-state index in [0.717, 1.165) is 43.1 Å². The first-order valence-electron chi connectivity index (χ1n) is 56.7. The number of hydrogen-bond acceptors (Lipinski definition) is 4. The van der Waals surface area contributed by atoms with Gasteiger partial charge in [0, 0.05) is 12.6 Å². The molecule has 4 aliphatic carbocycles. The first kappa shape index (κ1) is 77.1. The fourth-order valence-electron chi connectivity index (χ4n) is 36.2. The molecule has 0 bridgehead atoms. The summed E-state index contributed by atoms with van der Waals surface area (Å²) in [6, 6.07) is 5.25. The van der Waals surface area contributed by atoms with Crippen molar-refractivity contribution in [3.63, 3.8) is 0 Å². The highest BCUT2D eigenvalue weighted by Gasteiger charge is 2.76. The molecule has 1 heterocycles. The summed E-state index contributed by atoms with van der Waals surface area (Å²) >= 11 is 0. The van der Waals surface area contributed by atoms with Gasteiger partial charge in [0.05, 0.1) is 30.7 Å².